The van der Waals surface area contributed by atoms with E-state index in [-0.39, 0.29) is 5.91 Å². The number of nitrogen functional groups attached to an aromatic ring is 1. The highest BCUT2D eigenvalue weighted by Crippen LogP contribution is 2.18. The highest BCUT2D eigenvalue weighted by molar-refractivity contribution is 5.91. The molecule has 0 aliphatic heterocycles. The quantitative estimate of drug-likeness (QED) is 0.619. The van der Waals surface area contributed by atoms with Crippen LogP contribution in [0, 0.1) is 0 Å². The molecule has 0 heterocycles. The third-order valence-corrected chi connectivity index (χ3v) is 2.42. The Bertz CT molecular complexity index is 378. The van der Waals surface area contributed by atoms with Gasteiger partial charge in [-0.2, -0.15) is 0 Å². The van der Waals surface area contributed by atoms with Gasteiger partial charge in [0.25, 0.3) is 0 Å². The van der Waals surface area contributed by atoms with E-state index in [1.807, 2.05) is 6.07 Å². The number of hydrogen-bond acceptors (Lipinski definition) is 4. The van der Waals surface area contributed by atoms with Crippen molar-refractivity contribution in [1.29, 1.82) is 0 Å². The lowest BCUT2D eigenvalue weighted by Gasteiger charge is -2.25. The van der Waals surface area contributed by atoms with Crippen molar-refractivity contribution in [2.45, 2.75) is 13.2 Å². The minimum atomic E-state index is -0.458. The second kappa shape index (κ2) is 6.22. The summed E-state index contributed by atoms with van der Waals surface area (Å²) in [6, 6.07) is 7.13. The number of anilines is 2. The van der Waals surface area contributed by atoms with E-state index < -0.39 is 6.29 Å². The summed E-state index contributed by atoms with van der Waals surface area (Å²) >= 11 is 0. The first-order valence-electron chi connectivity index (χ1n) is 5.27. The van der Waals surface area contributed by atoms with Gasteiger partial charge in [-0.25, -0.2) is 0 Å². The Hall–Kier alpha value is -1.59. The Morgan fingerprint density at radius 2 is 2.06 bits per heavy atom. The van der Waals surface area contributed by atoms with Crippen LogP contribution in [-0.2, 0) is 14.3 Å². The van der Waals surface area contributed by atoms with Crippen molar-refractivity contribution < 1.29 is 14.3 Å². The van der Waals surface area contributed by atoms with Crippen LogP contribution in [-0.4, -0.2) is 33.0 Å². The van der Waals surface area contributed by atoms with Gasteiger partial charge in [0.15, 0.2) is 6.29 Å². The summed E-state index contributed by atoms with van der Waals surface area (Å²) in [5.41, 5.74) is 7.04. The van der Waals surface area contributed by atoms with Gasteiger partial charge < -0.3 is 20.1 Å². The van der Waals surface area contributed by atoms with Gasteiger partial charge in [0, 0.05) is 32.5 Å². The summed E-state index contributed by atoms with van der Waals surface area (Å²) in [6.07, 6.45) is -0.458. The lowest BCUT2D eigenvalue weighted by Crippen LogP contribution is -2.37. The smallest absolute Gasteiger partial charge is 0.224 e. The van der Waals surface area contributed by atoms with Gasteiger partial charge in [0.05, 0.1) is 6.54 Å². The first-order chi connectivity index (χ1) is 8.08. The van der Waals surface area contributed by atoms with Gasteiger partial charge in [-0.05, 0) is 18.2 Å². The minimum Gasteiger partial charge on any atom is -0.399 e. The topological polar surface area (TPSA) is 64.8 Å². The van der Waals surface area contributed by atoms with Crippen molar-refractivity contribution in [1.82, 2.24) is 0 Å². The summed E-state index contributed by atoms with van der Waals surface area (Å²) in [5.74, 6) is -0.0882. The van der Waals surface area contributed by atoms with Crippen LogP contribution >= 0.6 is 0 Å². The van der Waals surface area contributed by atoms with Crippen LogP contribution in [0.2, 0.25) is 0 Å². The first-order valence-corrected chi connectivity index (χ1v) is 5.27. The van der Waals surface area contributed by atoms with E-state index in [1.54, 1.807) is 23.1 Å². The number of carbonyl (C=O) groups excluding carboxylic acids is 1. The maximum Gasteiger partial charge on any atom is 0.224 e. The maximum absolute atomic E-state index is 11.6. The molecule has 0 aliphatic rings. The van der Waals surface area contributed by atoms with Crippen LogP contribution in [0.4, 0.5) is 11.4 Å². The number of nitrogens with zero attached hydrogens (tertiary/aromatic N) is 1. The predicted octanol–water partition coefficient (Wildman–Crippen LogP) is 1.24. The molecular weight excluding hydrogens is 220 g/mol. The van der Waals surface area contributed by atoms with Crippen LogP contribution < -0.4 is 10.6 Å². The third-order valence-electron chi connectivity index (χ3n) is 2.42. The number of carbonyl (C=O) groups is 1. The minimum absolute atomic E-state index is 0.0882. The molecule has 1 amide bonds. The molecule has 0 fully saturated rings. The van der Waals surface area contributed by atoms with Gasteiger partial charge >= 0.3 is 0 Å². The van der Waals surface area contributed by atoms with Crippen molar-refractivity contribution in [2.24, 2.45) is 0 Å². The van der Waals surface area contributed by atoms with Crippen molar-refractivity contribution in [3.8, 4) is 0 Å². The molecule has 0 aliphatic carbocycles. The molecule has 5 heteroatoms. The second-order valence-corrected chi connectivity index (χ2v) is 3.63. The third kappa shape index (κ3) is 3.72. The zero-order chi connectivity index (χ0) is 12.8. The van der Waals surface area contributed by atoms with Crippen LogP contribution in [0.3, 0.4) is 0 Å². The Balaban J connectivity index is 2.89. The lowest BCUT2D eigenvalue weighted by molar-refractivity contribution is -0.121. The molecule has 0 bridgehead atoms. The molecule has 0 unspecified atom stereocenters. The van der Waals surface area contributed by atoms with E-state index in [1.165, 1.54) is 21.1 Å². The monoisotopic (exact) mass is 238 g/mol. The maximum atomic E-state index is 11.6. The number of ether oxygens (including phenoxy) is 2. The van der Waals surface area contributed by atoms with Crippen LogP contribution in [0.5, 0.6) is 0 Å². The molecule has 1 aromatic carbocycles. The van der Waals surface area contributed by atoms with Crippen LogP contribution in [0.15, 0.2) is 24.3 Å². The lowest BCUT2D eigenvalue weighted by atomic mass is 10.2. The molecule has 1 aromatic rings. The van der Waals surface area contributed by atoms with E-state index in [0.717, 1.165) is 5.69 Å². The SMILES string of the molecule is COC(CN(C(C)=O)c1cccc(N)c1)OC. The Morgan fingerprint density at radius 1 is 1.41 bits per heavy atom. The molecule has 0 aromatic heterocycles. The van der Waals surface area contributed by atoms with Gasteiger partial charge in [-0.1, -0.05) is 6.07 Å². The van der Waals surface area contributed by atoms with Gasteiger partial charge in [0.2, 0.25) is 5.91 Å². The van der Waals surface area contributed by atoms with Gasteiger partial charge in [-0.15, -0.1) is 0 Å². The summed E-state index contributed by atoms with van der Waals surface area (Å²) < 4.78 is 10.2. The second-order valence-electron chi connectivity index (χ2n) is 3.63. The number of hydrogen-bond donors (Lipinski definition) is 1. The zero-order valence-electron chi connectivity index (χ0n) is 10.3. The zero-order valence-corrected chi connectivity index (χ0v) is 10.3. The summed E-state index contributed by atoms with van der Waals surface area (Å²) in [5, 5.41) is 0. The van der Waals surface area contributed by atoms with Crippen molar-refractivity contribution in [3.63, 3.8) is 0 Å². The molecular formula is C12H18N2O3. The molecule has 1 rings (SSSR count). The average Bonchev–Trinajstić information content (AvgIpc) is 2.30. The number of nitrogens with two attached hydrogens (primary N) is 1. The summed E-state index contributed by atoms with van der Waals surface area (Å²) in [6.45, 7) is 1.82. The number of benzene rings is 1. The van der Waals surface area contributed by atoms with E-state index in [4.69, 9.17) is 15.2 Å². The van der Waals surface area contributed by atoms with Crippen molar-refractivity contribution in [2.75, 3.05) is 31.4 Å². The predicted molar refractivity (Wildman–Crippen MR) is 66.7 cm³/mol. The largest absolute Gasteiger partial charge is 0.399 e. The van der Waals surface area contributed by atoms with Crippen LogP contribution in [0.1, 0.15) is 6.92 Å². The Morgan fingerprint density at radius 3 is 2.53 bits per heavy atom. The van der Waals surface area contributed by atoms with Crippen LogP contribution in [0.25, 0.3) is 0 Å². The molecule has 0 radical (unpaired) electrons. The highest BCUT2D eigenvalue weighted by atomic mass is 16.7. The fourth-order valence-corrected chi connectivity index (χ4v) is 1.50. The highest BCUT2D eigenvalue weighted by Gasteiger charge is 2.17. The molecule has 17 heavy (non-hydrogen) atoms. The number of rotatable bonds is 5. The van der Waals surface area contributed by atoms with Gasteiger partial charge in [0.1, 0.15) is 0 Å². The Kier molecular flexibility index (Phi) is 4.93. The molecule has 0 atom stereocenters. The summed E-state index contributed by atoms with van der Waals surface area (Å²) in [7, 11) is 3.07. The van der Waals surface area contributed by atoms with E-state index in [9.17, 15) is 4.79 Å². The standard InChI is InChI=1S/C12H18N2O3/c1-9(15)14(8-12(16-2)17-3)11-6-4-5-10(13)7-11/h4-7,12H,8,13H2,1-3H3. The van der Waals surface area contributed by atoms with E-state index >= 15 is 0 Å². The normalized spacial score (nSPS) is 10.6. The number of amides is 1. The molecule has 94 valence electrons. The fourth-order valence-electron chi connectivity index (χ4n) is 1.50. The molecule has 0 spiro atoms. The van der Waals surface area contributed by atoms with E-state index in [2.05, 4.69) is 0 Å². The first kappa shape index (κ1) is 13.5. The molecule has 0 saturated heterocycles. The molecule has 2 N–H and O–H groups in total. The van der Waals surface area contributed by atoms with Crippen molar-refractivity contribution in [3.05, 3.63) is 24.3 Å². The number of methoxy groups -OCH3 is 2. The molecule has 0 saturated carbocycles. The Labute approximate surface area is 101 Å². The van der Waals surface area contributed by atoms with Crippen molar-refractivity contribution >= 4 is 17.3 Å². The summed E-state index contributed by atoms with van der Waals surface area (Å²) in [4.78, 5) is 13.2. The van der Waals surface area contributed by atoms with Gasteiger partial charge in [-0.3, -0.25) is 4.79 Å². The van der Waals surface area contributed by atoms with E-state index in [0.29, 0.717) is 12.2 Å². The molecule has 5 nitrogen and oxygen atoms in total. The fraction of sp³-hybridized carbons (Fsp3) is 0.417. The average molecular weight is 238 g/mol.